The topological polar surface area (TPSA) is 41.3 Å². The van der Waals surface area contributed by atoms with E-state index < -0.39 is 11.7 Å². The van der Waals surface area contributed by atoms with Gasteiger partial charge in [0.2, 0.25) is 0 Å². The van der Waals surface area contributed by atoms with E-state index in [2.05, 4.69) is 32.0 Å². The highest BCUT2D eigenvalue weighted by molar-refractivity contribution is 5.63. The standard InChI is InChI=1S/C25H28F3N3/c1-16(18(3)30-22-12-10-20(11-13-22)17(2)29)24-9-6-14-31(19(24)4)23-8-5-7-21(15-23)25(26,27)28/h5,7-8,10-13,15-16,24,30H,2-4,6,9,14,29H2,1H3. The highest BCUT2D eigenvalue weighted by Crippen LogP contribution is 2.39. The van der Waals surface area contributed by atoms with Crippen molar-refractivity contribution in [3.63, 3.8) is 0 Å². The summed E-state index contributed by atoms with van der Waals surface area (Å²) in [5.41, 5.74) is 9.48. The van der Waals surface area contributed by atoms with Crippen molar-refractivity contribution in [1.82, 2.24) is 0 Å². The molecular weight excluding hydrogens is 399 g/mol. The van der Waals surface area contributed by atoms with Crippen LogP contribution in [0.5, 0.6) is 0 Å². The first-order valence-corrected chi connectivity index (χ1v) is 10.2. The molecule has 3 rings (SSSR count). The van der Waals surface area contributed by atoms with Crippen molar-refractivity contribution in [2.75, 3.05) is 16.8 Å². The number of benzene rings is 2. The number of rotatable bonds is 6. The molecule has 1 heterocycles. The van der Waals surface area contributed by atoms with E-state index in [1.165, 1.54) is 12.1 Å². The lowest BCUT2D eigenvalue weighted by molar-refractivity contribution is -0.137. The number of allylic oxidation sites excluding steroid dienone is 2. The molecular formula is C25H28F3N3. The minimum Gasteiger partial charge on any atom is -0.399 e. The normalized spacial score (nSPS) is 17.9. The lowest BCUT2D eigenvalue weighted by Crippen LogP contribution is -2.36. The van der Waals surface area contributed by atoms with E-state index in [4.69, 9.17) is 5.73 Å². The zero-order chi connectivity index (χ0) is 22.8. The van der Waals surface area contributed by atoms with Crippen molar-refractivity contribution in [2.24, 2.45) is 17.6 Å². The number of nitrogens with two attached hydrogens (primary N) is 1. The molecule has 3 N–H and O–H groups in total. The number of halogens is 3. The third kappa shape index (κ3) is 5.13. The van der Waals surface area contributed by atoms with E-state index >= 15 is 0 Å². The van der Waals surface area contributed by atoms with Crippen LogP contribution in [0.3, 0.4) is 0 Å². The maximum atomic E-state index is 13.1. The molecule has 0 saturated carbocycles. The van der Waals surface area contributed by atoms with Crippen LogP contribution < -0.4 is 16.0 Å². The predicted octanol–water partition coefficient (Wildman–Crippen LogP) is 6.63. The summed E-state index contributed by atoms with van der Waals surface area (Å²) < 4.78 is 39.4. The molecule has 2 aromatic carbocycles. The summed E-state index contributed by atoms with van der Waals surface area (Å²) in [6.45, 7) is 14.9. The van der Waals surface area contributed by atoms with Gasteiger partial charge in [0.15, 0.2) is 0 Å². The minimum absolute atomic E-state index is 0.0465. The molecule has 6 heteroatoms. The molecule has 31 heavy (non-hydrogen) atoms. The van der Waals surface area contributed by atoms with Gasteiger partial charge in [-0.3, -0.25) is 0 Å². The van der Waals surface area contributed by atoms with Crippen LogP contribution in [0.4, 0.5) is 24.5 Å². The number of nitrogens with one attached hydrogen (secondary N) is 1. The molecule has 164 valence electrons. The molecule has 2 unspecified atom stereocenters. The number of hydrogen-bond donors (Lipinski definition) is 2. The van der Waals surface area contributed by atoms with Gasteiger partial charge in [-0.25, -0.2) is 0 Å². The summed E-state index contributed by atoms with van der Waals surface area (Å²) >= 11 is 0. The van der Waals surface area contributed by atoms with Crippen molar-refractivity contribution < 1.29 is 13.2 Å². The molecule has 1 aliphatic heterocycles. The fraction of sp³-hybridized carbons (Fsp3) is 0.280. The van der Waals surface area contributed by atoms with Gasteiger partial charge in [0.05, 0.1) is 5.56 Å². The Labute approximate surface area is 181 Å². The third-order valence-electron chi connectivity index (χ3n) is 5.87. The van der Waals surface area contributed by atoms with E-state index in [-0.39, 0.29) is 11.8 Å². The molecule has 0 bridgehead atoms. The van der Waals surface area contributed by atoms with Gasteiger partial charge in [0.25, 0.3) is 0 Å². The Hall–Kier alpha value is -3.15. The van der Waals surface area contributed by atoms with Crippen molar-refractivity contribution >= 4 is 17.1 Å². The Morgan fingerprint density at radius 2 is 1.84 bits per heavy atom. The molecule has 0 amide bonds. The summed E-state index contributed by atoms with van der Waals surface area (Å²) in [7, 11) is 0. The number of piperidine rings is 1. The Kier molecular flexibility index (Phi) is 6.48. The van der Waals surface area contributed by atoms with Gasteiger partial charge in [-0.1, -0.05) is 44.9 Å². The van der Waals surface area contributed by atoms with Crippen molar-refractivity contribution in [3.05, 3.63) is 90.8 Å². The van der Waals surface area contributed by atoms with Gasteiger partial charge in [-0.2, -0.15) is 13.2 Å². The largest absolute Gasteiger partial charge is 0.416 e. The van der Waals surface area contributed by atoms with Crippen LogP contribution in [0.25, 0.3) is 5.70 Å². The number of anilines is 2. The fourth-order valence-electron chi connectivity index (χ4n) is 3.97. The van der Waals surface area contributed by atoms with E-state index in [0.717, 1.165) is 41.6 Å². The van der Waals surface area contributed by atoms with Gasteiger partial charge in [-0.15, -0.1) is 0 Å². The molecule has 2 atom stereocenters. The smallest absolute Gasteiger partial charge is 0.399 e. The Morgan fingerprint density at radius 3 is 2.45 bits per heavy atom. The molecule has 0 aliphatic carbocycles. The van der Waals surface area contributed by atoms with Crippen LogP contribution in [0.2, 0.25) is 0 Å². The Bertz CT molecular complexity index is 976. The quantitative estimate of drug-likeness (QED) is 0.544. The van der Waals surface area contributed by atoms with E-state index in [1.54, 1.807) is 6.07 Å². The summed E-state index contributed by atoms with van der Waals surface area (Å²) in [6, 6.07) is 13.0. The molecule has 0 radical (unpaired) electrons. The minimum atomic E-state index is -4.37. The van der Waals surface area contributed by atoms with E-state index in [0.29, 0.717) is 17.9 Å². The molecule has 2 aromatic rings. The maximum absolute atomic E-state index is 13.1. The van der Waals surface area contributed by atoms with Crippen molar-refractivity contribution in [2.45, 2.75) is 25.9 Å². The van der Waals surface area contributed by atoms with Crippen molar-refractivity contribution in [3.8, 4) is 0 Å². The lowest BCUT2D eigenvalue weighted by Gasteiger charge is -2.40. The first kappa shape index (κ1) is 22.5. The van der Waals surface area contributed by atoms with Crippen LogP contribution in [0, 0.1) is 11.8 Å². The number of nitrogens with zero attached hydrogens (tertiary/aromatic N) is 1. The molecule has 1 aliphatic rings. The maximum Gasteiger partial charge on any atom is 0.416 e. The second kappa shape index (κ2) is 8.92. The second-order valence-corrected chi connectivity index (χ2v) is 7.98. The Morgan fingerprint density at radius 1 is 1.16 bits per heavy atom. The number of alkyl halides is 3. The highest BCUT2D eigenvalue weighted by atomic mass is 19.4. The van der Waals surface area contributed by atoms with Crippen LogP contribution in [0.15, 0.2) is 79.7 Å². The van der Waals surface area contributed by atoms with Gasteiger partial charge in [0, 0.05) is 46.8 Å². The van der Waals surface area contributed by atoms with Gasteiger partial charge in [-0.05, 0) is 48.7 Å². The second-order valence-electron chi connectivity index (χ2n) is 7.98. The average Bonchev–Trinajstić information content (AvgIpc) is 2.73. The molecule has 0 aromatic heterocycles. The SMILES string of the molecule is C=C(N)c1ccc(NC(=C)C(C)C2CCCN(c3cccc(C(F)(F)F)c3)C2=C)cc1. The van der Waals surface area contributed by atoms with Gasteiger partial charge < -0.3 is 16.0 Å². The zero-order valence-corrected chi connectivity index (χ0v) is 17.7. The lowest BCUT2D eigenvalue weighted by atomic mass is 9.82. The summed E-state index contributed by atoms with van der Waals surface area (Å²) in [6.07, 6.45) is -2.60. The van der Waals surface area contributed by atoms with Crippen LogP contribution in [-0.2, 0) is 6.18 Å². The molecule has 1 saturated heterocycles. The van der Waals surface area contributed by atoms with E-state index in [1.807, 2.05) is 29.2 Å². The first-order valence-electron chi connectivity index (χ1n) is 10.2. The number of hydrogen-bond acceptors (Lipinski definition) is 3. The monoisotopic (exact) mass is 427 g/mol. The highest BCUT2D eigenvalue weighted by Gasteiger charge is 2.33. The molecule has 3 nitrogen and oxygen atoms in total. The van der Waals surface area contributed by atoms with Crippen molar-refractivity contribution in [1.29, 1.82) is 0 Å². The van der Waals surface area contributed by atoms with Crippen LogP contribution in [-0.4, -0.2) is 6.54 Å². The summed E-state index contributed by atoms with van der Waals surface area (Å²) in [5, 5.41) is 3.34. The predicted molar refractivity (Wildman–Crippen MR) is 122 cm³/mol. The molecule has 1 fully saturated rings. The third-order valence-corrected chi connectivity index (χ3v) is 5.87. The van der Waals surface area contributed by atoms with Crippen LogP contribution >= 0.6 is 0 Å². The fourth-order valence-corrected chi connectivity index (χ4v) is 3.97. The Balaban J connectivity index is 1.73. The van der Waals surface area contributed by atoms with Gasteiger partial charge >= 0.3 is 6.18 Å². The summed E-state index contributed by atoms with van der Waals surface area (Å²) in [5.74, 6) is 0.122. The van der Waals surface area contributed by atoms with E-state index in [9.17, 15) is 13.2 Å². The molecule has 0 spiro atoms. The first-order chi connectivity index (χ1) is 14.6. The zero-order valence-electron chi connectivity index (χ0n) is 17.7. The van der Waals surface area contributed by atoms with Crippen LogP contribution in [0.1, 0.15) is 30.9 Å². The van der Waals surface area contributed by atoms with Gasteiger partial charge in [0.1, 0.15) is 0 Å². The average molecular weight is 428 g/mol. The summed E-state index contributed by atoms with van der Waals surface area (Å²) in [4.78, 5) is 1.90.